The minimum absolute atomic E-state index is 0. The molecule has 4 aliphatic rings. The fraction of sp³-hybridized carbons (Fsp3) is 0.545. The van der Waals surface area contributed by atoms with E-state index >= 15 is 0 Å². The average Bonchev–Trinajstić information content (AvgIpc) is 3.62. The Morgan fingerprint density at radius 1 is 0.520 bits per heavy atom. The maximum atomic E-state index is 3.01. The molecule has 2 unspecified atom stereocenters. The number of benzene rings is 3. The SMILES string of the molecule is CC(c1ccccc1)N1CCN(C(C)c2ccccc2)C1=P(C1CCCCC1)(C1CCCCC1)C1CCCCC1.[Cl-].[Cl-].[Ru+2]=[CH]c1ccccc1. The van der Waals surface area contributed by atoms with E-state index in [2.05, 4.69) is 114 Å². The summed E-state index contributed by atoms with van der Waals surface area (Å²) in [5.41, 5.74) is 9.03. The topological polar surface area (TPSA) is 6.48 Å². The van der Waals surface area contributed by atoms with Crippen molar-refractivity contribution in [1.29, 1.82) is 0 Å². The molecule has 3 aromatic carbocycles. The van der Waals surface area contributed by atoms with E-state index in [1.54, 1.807) is 0 Å². The average molecular weight is 821 g/mol. The van der Waals surface area contributed by atoms with Crippen LogP contribution in [-0.2, 0) is 17.9 Å². The minimum atomic E-state index is -1.46. The number of nitrogens with zero attached hydrogens (tertiary/aromatic N) is 2. The van der Waals surface area contributed by atoms with E-state index in [4.69, 9.17) is 0 Å². The predicted octanol–water partition coefficient (Wildman–Crippen LogP) is 5.62. The Morgan fingerprint density at radius 3 is 1.14 bits per heavy atom. The van der Waals surface area contributed by atoms with Gasteiger partial charge in [0, 0.05) is 25.2 Å². The summed E-state index contributed by atoms with van der Waals surface area (Å²) in [6.45, 7) is 5.98. The van der Waals surface area contributed by atoms with Crippen molar-refractivity contribution in [1.82, 2.24) is 9.80 Å². The molecule has 0 spiro atoms. The molecule has 0 aromatic heterocycles. The first kappa shape index (κ1) is 41.7. The molecule has 0 amide bonds. The van der Waals surface area contributed by atoms with Crippen LogP contribution in [0.2, 0.25) is 0 Å². The second-order valence-corrected chi connectivity index (χ2v) is 19.8. The summed E-state index contributed by atoms with van der Waals surface area (Å²) in [7, 11) is 0. The van der Waals surface area contributed by atoms with Crippen molar-refractivity contribution in [2.45, 2.75) is 139 Å². The molecular formula is C44H61Cl2N2PRu. The summed E-state index contributed by atoms with van der Waals surface area (Å²) in [4.78, 5) is 6.03. The van der Waals surface area contributed by atoms with Gasteiger partial charge in [-0.3, -0.25) is 9.80 Å². The summed E-state index contributed by atoms with van der Waals surface area (Å²) in [6.07, 6.45) is 22.3. The van der Waals surface area contributed by atoms with Crippen LogP contribution in [-0.4, -0.2) is 50.0 Å². The quantitative estimate of drug-likeness (QED) is 0.215. The van der Waals surface area contributed by atoms with Crippen LogP contribution in [0.25, 0.3) is 0 Å². The number of rotatable bonds is 8. The molecule has 0 bridgehead atoms. The van der Waals surface area contributed by atoms with Gasteiger partial charge in [0.25, 0.3) is 0 Å². The molecule has 7 rings (SSSR count). The van der Waals surface area contributed by atoms with E-state index in [1.807, 2.05) is 28.3 Å². The second-order valence-electron chi connectivity index (χ2n) is 15.1. The number of hydrogen-bond acceptors (Lipinski definition) is 0. The Labute approximate surface area is 327 Å². The van der Waals surface area contributed by atoms with Crippen molar-refractivity contribution in [3.8, 4) is 0 Å². The van der Waals surface area contributed by atoms with Gasteiger partial charge in [0.2, 0.25) is 0 Å². The van der Waals surface area contributed by atoms with Gasteiger partial charge in [0.15, 0.2) is 0 Å². The molecule has 6 heteroatoms. The zero-order valence-corrected chi connectivity index (χ0v) is 34.7. The fourth-order valence-electron chi connectivity index (χ4n) is 10.0. The molecule has 0 radical (unpaired) electrons. The maximum absolute atomic E-state index is 3.01. The van der Waals surface area contributed by atoms with Gasteiger partial charge in [-0.05, 0) is 80.5 Å². The van der Waals surface area contributed by atoms with Gasteiger partial charge in [0.1, 0.15) is 0 Å². The van der Waals surface area contributed by atoms with Gasteiger partial charge >= 0.3 is 58.4 Å². The van der Waals surface area contributed by atoms with E-state index < -0.39 is 6.89 Å². The third kappa shape index (κ3) is 9.54. The van der Waals surface area contributed by atoms with Crippen LogP contribution in [0.15, 0.2) is 91.0 Å². The summed E-state index contributed by atoms with van der Waals surface area (Å²) in [5, 5.41) is 0. The molecule has 50 heavy (non-hydrogen) atoms. The van der Waals surface area contributed by atoms with E-state index in [9.17, 15) is 0 Å². The van der Waals surface area contributed by atoms with Crippen LogP contribution in [0.5, 0.6) is 0 Å². The Balaban J connectivity index is 0.000000497. The van der Waals surface area contributed by atoms with Crippen molar-refractivity contribution >= 4 is 17.0 Å². The van der Waals surface area contributed by atoms with E-state index in [0.29, 0.717) is 12.1 Å². The van der Waals surface area contributed by atoms with Crippen molar-refractivity contribution in [2.24, 2.45) is 0 Å². The zero-order valence-electron chi connectivity index (χ0n) is 30.6. The molecule has 1 saturated heterocycles. The van der Waals surface area contributed by atoms with Crippen LogP contribution >= 0.6 is 6.89 Å². The Bertz CT molecular complexity index is 1340. The monoisotopic (exact) mass is 820 g/mol. The first-order valence-electron chi connectivity index (χ1n) is 19.5. The molecule has 274 valence electrons. The van der Waals surface area contributed by atoms with Crippen molar-refractivity contribution in [2.75, 3.05) is 13.1 Å². The molecule has 2 nitrogen and oxygen atoms in total. The van der Waals surface area contributed by atoms with E-state index in [1.165, 1.54) is 126 Å². The number of hydrogen-bond donors (Lipinski definition) is 0. The molecule has 1 aliphatic heterocycles. The standard InChI is InChI=1S/C37H55N2P.C7H6.2ClH.Ru/c1-30(32-18-8-3-9-19-32)38-28-29-39(31(2)33-20-10-4-11-21-33)37(38)40(34-22-12-5-13-23-34,35-24-14-6-15-25-35)36-26-16-7-17-27-36;1-7-5-3-2-4-6-7;;;/h3-4,8-11,18-21,30-31,34-36H,5-7,12-17,22-29H2,1-2H3;1-6H;2*1H;/q;;;;+2/p-2. The van der Waals surface area contributed by atoms with Gasteiger partial charge in [-0.2, -0.15) is 0 Å². The van der Waals surface area contributed by atoms with Crippen LogP contribution in [0.1, 0.15) is 139 Å². The number of halogens is 2. The van der Waals surface area contributed by atoms with Gasteiger partial charge in [-0.25, -0.2) is 0 Å². The first-order chi connectivity index (χ1) is 23.6. The normalized spacial score (nSPS) is 21.2. The summed E-state index contributed by atoms with van der Waals surface area (Å²) >= 11 is 2.48. The van der Waals surface area contributed by atoms with Crippen LogP contribution in [0.3, 0.4) is 0 Å². The van der Waals surface area contributed by atoms with Crippen molar-refractivity contribution < 1.29 is 42.7 Å². The summed E-state index contributed by atoms with van der Waals surface area (Å²) in [5.74, 6) is 0. The molecule has 2 atom stereocenters. The molecule has 0 N–H and O–H groups in total. The van der Waals surface area contributed by atoms with Crippen LogP contribution in [0, 0.1) is 0 Å². The summed E-state index contributed by atoms with van der Waals surface area (Å²) < 4.78 is 2.01. The first-order valence-corrected chi connectivity index (χ1v) is 22.5. The second kappa shape index (κ2) is 21.0. The molecule has 3 saturated carbocycles. The summed E-state index contributed by atoms with van der Waals surface area (Å²) in [6, 6.07) is 34.1. The van der Waals surface area contributed by atoms with Gasteiger partial charge in [-0.1, -0.05) is 125 Å². The Hall–Kier alpha value is -1.05. The molecule has 1 heterocycles. The van der Waals surface area contributed by atoms with E-state index in [0.717, 1.165) is 17.0 Å². The van der Waals surface area contributed by atoms with E-state index in [-0.39, 0.29) is 24.8 Å². The fourth-order valence-corrected chi connectivity index (χ4v) is 18.2. The van der Waals surface area contributed by atoms with Crippen molar-refractivity contribution in [3.63, 3.8) is 0 Å². The zero-order chi connectivity index (χ0) is 33.2. The third-order valence-corrected chi connectivity index (χ3v) is 19.4. The predicted molar refractivity (Wildman–Crippen MR) is 207 cm³/mol. The van der Waals surface area contributed by atoms with Gasteiger partial charge < -0.3 is 24.8 Å². The van der Waals surface area contributed by atoms with Crippen molar-refractivity contribution in [3.05, 3.63) is 108 Å². The Kier molecular flexibility index (Phi) is 17.5. The Morgan fingerprint density at radius 2 is 0.840 bits per heavy atom. The van der Waals surface area contributed by atoms with Crippen LogP contribution in [0.4, 0.5) is 0 Å². The van der Waals surface area contributed by atoms with Crippen LogP contribution < -0.4 is 24.8 Å². The van der Waals surface area contributed by atoms with Gasteiger partial charge in [-0.15, -0.1) is 0 Å². The van der Waals surface area contributed by atoms with Gasteiger partial charge in [0.05, 0.1) is 5.54 Å². The molecule has 4 fully saturated rings. The molecule has 3 aromatic rings. The molecule has 3 aliphatic carbocycles. The third-order valence-electron chi connectivity index (χ3n) is 12.4. The molecular weight excluding hydrogens is 759 g/mol.